The van der Waals surface area contributed by atoms with Crippen molar-refractivity contribution < 1.29 is 19.9 Å². The summed E-state index contributed by atoms with van der Waals surface area (Å²) in [5.41, 5.74) is 0.398. The van der Waals surface area contributed by atoms with E-state index in [1.54, 1.807) is 6.92 Å². The number of nitrogens with zero attached hydrogens (tertiary/aromatic N) is 1. The van der Waals surface area contributed by atoms with E-state index in [-0.39, 0.29) is 37.2 Å². The van der Waals surface area contributed by atoms with Gasteiger partial charge >= 0.3 is 5.69 Å². The minimum absolute atomic E-state index is 0.0481. The van der Waals surface area contributed by atoms with Gasteiger partial charge in [-0.1, -0.05) is 6.92 Å². The highest BCUT2D eigenvalue weighted by atomic mass is 16.6. The summed E-state index contributed by atoms with van der Waals surface area (Å²) >= 11 is 0. The number of aliphatic hydroxyl groups is 2. The lowest BCUT2D eigenvalue weighted by Gasteiger charge is -2.11. The highest BCUT2D eigenvalue weighted by molar-refractivity contribution is 5.48. The van der Waals surface area contributed by atoms with Crippen LogP contribution in [0.3, 0.4) is 0 Å². The molecule has 0 saturated heterocycles. The Labute approximate surface area is 98.6 Å². The number of ether oxygens (including phenoxy) is 1. The van der Waals surface area contributed by atoms with Crippen molar-refractivity contribution >= 4 is 5.69 Å². The lowest BCUT2D eigenvalue weighted by Crippen LogP contribution is -2.13. The summed E-state index contributed by atoms with van der Waals surface area (Å²) in [4.78, 5) is 10.2. The molecular weight excluding hydrogens is 226 g/mol. The van der Waals surface area contributed by atoms with Crippen LogP contribution >= 0.6 is 0 Å². The highest BCUT2D eigenvalue weighted by Crippen LogP contribution is 2.28. The van der Waals surface area contributed by atoms with E-state index in [1.807, 2.05) is 0 Å². The molecule has 0 spiro atoms. The van der Waals surface area contributed by atoms with Crippen LogP contribution in [0.4, 0.5) is 5.69 Å². The number of nitro benzene ring substituents is 1. The molecule has 0 fully saturated rings. The summed E-state index contributed by atoms with van der Waals surface area (Å²) in [5, 5.41) is 28.5. The monoisotopic (exact) mass is 241 g/mol. The van der Waals surface area contributed by atoms with E-state index < -0.39 is 4.92 Å². The Kier molecular flexibility index (Phi) is 4.86. The van der Waals surface area contributed by atoms with Crippen molar-refractivity contribution in [3.63, 3.8) is 0 Å². The van der Waals surface area contributed by atoms with Gasteiger partial charge in [-0.2, -0.15) is 0 Å². The van der Waals surface area contributed by atoms with Crippen molar-refractivity contribution in [1.82, 2.24) is 0 Å². The van der Waals surface area contributed by atoms with Gasteiger partial charge in [-0.3, -0.25) is 10.1 Å². The smallest absolute Gasteiger partial charge is 0.310 e. The maximum absolute atomic E-state index is 10.7. The fourth-order valence-electron chi connectivity index (χ4n) is 1.21. The molecule has 0 bridgehead atoms. The highest BCUT2D eigenvalue weighted by Gasteiger charge is 2.16. The van der Waals surface area contributed by atoms with Gasteiger partial charge in [0.15, 0.2) is 5.75 Å². The van der Waals surface area contributed by atoms with Crippen LogP contribution in [-0.2, 0) is 6.61 Å². The molecule has 0 heterocycles. The van der Waals surface area contributed by atoms with Crippen molar-refractivity contribution in [2.45, 2.75) is 13.5 Å². The number of rotatable bonds is 6. The quantitative estimate of drug-likeness (QED) is 0.574. The molecule has 94 valence electrons. The van der Waals surface area contributed by atoms with E-state index >= 15 is 0 Å². The predicted molar refractivity (Wildman–Crippen MR) is 60.8 cm³/mol. The Morgan fingerprint density at radius 3 is 2.71 bits per heavy atom. The van der Waals surface area contributed by atoms with Crippen molar-refractivity contribution in [3.05, 3.63) is 33.9 Å². The maximum Gasteiger partial charge on any atom is 0.310 e. The van der Waals surface area contributed by atoms with Crippen molar-refractivity contribution in [3.8, 4) is 5.75 Å². The number of benzene rings is 1. The first-order valence-corrected chi connectivity index (χ1v) is 5.20. The second-order valence-electron chi connectivity index (χ2n) is 3.82. The largest absolute Gasteiger partial charge is 0.486 e. The third kappa shape index (κ3) is 3.69. The zero-order valence-corrected chi connectivity index (χ0v) is 9.50. The summed E-state index contributed by atoms with van der Waals surface area (Å²) in [6, 6.07) is 4.20. The molecule has 1 aromatic carbocycles. The van der Waals surface area contributed by atoms with Crippen molar-refractivity contribution in [1.29, 1.82) is 0 Å². The molecule has 2 N–H and O–H groups in total. The van der Waals surface area contributed by atoms with Crippen LogP contribution in [0.1, 0.15) is 12.5 Å². The van der Waals surface area contributed by atoms with Gasteiger partial charge in [0, 0.05) is 18.6 Å². The van der Waals surface area contributed by atoms with E-state index in [1.165, 1.54) is 18.2 Å². The minimum Gasteiger partial charge on any atom is -0.486 e. The molecule has 0 aliphatic carbocycles. The first kappa shape index (κ1) is 13.4. The SMILES string of the molecule is CC(CO)COc1cc(CO)ccc1[N+](=O)[O-]. The summed E-state index contributed by atoms with van der Waals surface area (Å²) < 4.78 is 5.28. The normalized spacial score (nSPS) is 12.2. The summed E-state index contributed by atoms with van der Waals surface area (Å²) in [6.07, 6.45) is 0. The Morgan fingerprint density at radius 1 is 1.47 bits per heavy atom. The van der Waals surface area contributed by atoms with Crippen LogP contribution in [0.2, 0.25) is 0 Å². The van der Waals surface area contributed by atoms with Gasteiger partial charge in [0.2, 0.25) is 0 Å². The third-order valence-electron chi connectivity index (χ3n) is 2.24. The fraction of sp³-hybridized carbons (Fsp3) is 0.455. The molecular formula is C11H15NO5. The molecule has 0 aliphatic heterocycles. The number of aliphatic hydroxyl groups excluding tert-OH is 2. The van der Waals surface area contributed by atoms with Crippen LogP contribution in [0.5, 0.6) is 5.75 Å². The van der Waals surface area contributed by atoms with E-state index in [2.05, 4.69) is 0 Å². The molecule has 17 heavy (non-hydrogen) atoms. The molecule has 0 radical (unpaired) electrons. The van der Waals surface area contributed by atoms with Crippen molar-refractivity contribution in [2.75, 3.05) is 13.2 Å². The summed E-state index contributed by atoms with van der Waals surface area (Å²) in [5.74, 6) is 0.00855. The standard InChI is InChI=1S/C11H15NO5/c1-8(5-13)7-17-11-4-9(6-14)2-3-10(11)12(15)16/h2-4,8,13-14H,5-7H2,1H3. The Hall–Kier alpha value is -1.66. The first-order valence-electron chi connectivity index (χ1n) is 5.20. The minimum atomic E-state index is -0.542. The number of hydrogen-bond acceptors (Lipinski definition) is 5. The lowest BCUT2D eigenvalue weighted by atomic mass is 10.2. The Morgan fingerprint density at radius 2 is 2.18 bits per heavy atom. The molecule has 0 aliphatic rings. The summed E-state index contributed by atoms with van der Waals surface area (Å²) in [7, 11) is 0. The van der Waals surface area contributed by atoms with Gasteiger partial charge in [-0.25, -0.2) is 0 Å². The molecule has 0 amide bonds. The van der Waals surface area contributed by atoms with E-state index in [9.17, 15) is 10.1 Å². The second kappa shape index (κ2) is 6.17. The molecule has 1 rings (SSSR count). The topological polar surface area (TPSA) is 92.8 Å². The molecule has 1 aromatic rings. The van der Waals surface area contributed by atoms with Crippen LogP contribution in [0.15, 0.2) is 18.2 Å². The van der Waals surface area contributed by atoms with Crippen molar-refractivity contribution in [2.24, 2.45) is 5.92 Å². The van der Waals surface area contributed by atoms with Gasteiger partial charge in [0.1, 0.15) is 0 Å². The van der Waals surface area contributed by atoms with Crippen LogP contribution in [0, 0.1) is 16.0 Å². The molecule has 1 unspecified atom stereocenters. The fourth-order valence-corrected chi connectivity index (χ4v) is 1.21. The first-order chi connectivity index (χ1) is 8.08. The molecule has 1 atom stereocenters. The van der Waals surface area contributed by atoms with Gasteiger partial charge in [-0.05, 0) is 17.7 Å². The third-order valence-corrected chi connectivity index (χ3v) is 2.24. The Balaban J connectivity index is 2.89. The van der Waals surface area contributed by atoms with Gasteiger partial charge < -0.3 is 14.9 Å². The van der Waals surface area contributed by atoms with E-state index in [0.717, 1.165) is 0 Å². The summed E-state index contributed by atoms with van der Waals surface area (Å²) in [6.45, 7) is 1.70. The molecule has 6 heteroatoms. The second-order valence-corrected chi connectivity index (χ2v) is 3.82. The zero-order valence-electron chi connectivity index (χ0n) is 9.50. The van der Waals surface area contributed by atoms with Crippen LogP contribution < -0.4 is 4.74 Å². The zero-order chi connectivity index (χ0) is 12.8. The van der Waals surface area contributed by atoms with Gasteiger partial charge in [0.05, 0.1) is 18.1 Å². The average Bonchev–Trinajstić information content (AvgIpc) is 2.35. The Bertz CT molecular complexity index is 393. The molecule has 0 aromatic heterocycles. The number of hydrogen-bond donors (Lipinski definition) is 2. The van der Waals surface area contributed by atoms with Crippen LogP contribution in [-0.4, -0.2) is 28.4 Å². The van der Waals surface area contributed by atoms with Gasteiger partial charge in [-0.15, -0.1) is 0 Å². The number of nitro groups is 1. The lowest BCUT2D eigenvalue weighted by molar-refractivity contribution is -0.385. The molecule has 6 nitrogen and oxygen atoms in total. The average molecular weight is 241 g/mol. The molecule has 0 saturated carbocycles. The maximum atomic E-state index is 10.7. The van der Waals surface area contributed by atoms with Gasteiger partial charge in [0.25, 0.3) is 0 Å². The van der Waals surface area contributed by atoms with E-state index in [0.29, 0.717) is 5.56 Å². The predicted octanol–water partition coefficient (Wildman–Crippen LogP) is 1.09. The van der Waals surface area contributed by atoms with Crippen LogP contribution in [0.25, 0.3) is 0 Å². The van der Waals surface area contributed by atoms with E-state index in [4.69, 9.17) is 14.9 Å².